The molecule has 3 rings (SSSR count). The van der Waals surface area contributed by atoms with Crippen LogP contribution >= 0.6 is 0 Å². The van der Waals surface area contributed by atoms with E-state index in [4.69, 9.17) is 4.74 Å². The van der Waals surface area contributed by atoms with Crippen molar-refractivity contribution in [2.75, 3.05) is 42.3 Å². The molecular weight excluding hydrogens is 429 g/mol. The van der Waals surface area contributed by atoms with Gasteiger partial charge >= 0.3 is 6.43 Å². The molecule has 172 valence electrons. The lowest BCUT2D eigenvalue weighted by atomic mass is 10.2. The Balaban J connectivity index is 1.74. The summed E-state index contributed by atoms with van der Waals surface area (Å²) < 4.78 is 44.6. The van der Waals surface area contributed by atoms with Crippen molar-refractivity contribution in [1.29, 1.82) is 0 Å². The van der Waals surface area contributed by atoms with Gasteiger partial charge in [0.1, 0.15) is 5.82 Å². The number of nitrogens with zero attached hydrogens (tertiary/aromatic N) is 2. The van der Waals surface area contributed by atoms with Crippen molar-refractivity contribution in [3.63, 3.8) is 0 Å². The van der Waals surface area contributed by atoms with Crippen molar-refractivity contribution in [3.05, 3.63) is 58.5 Å². The summed E-state index contributed by atoms with van der Waals surface area (Å²) in [6.45, 7) is -0.188. The number of aliphatic hydroxyl groups excluding tert-OH is 1. The van der Waals surface area contributed by atoms with Gasteiger partial charge in [-0.3, -0.25) is 9.59 Å². The van der Waals surface area contributed by atoms with Gasteiger partial charge in [-0.1, -0.05) is 6.07 Å². The molecule has 1 saturated heterocycles. The van der Waals surface area contributed by atoms with E-state index in [1.165, 1.54) is 23.1 Å². The number of nitrogens with one attached hydrogen (secondary N) is 2. The smallest absolute Gasteiger partial charge is 0.315 e. The van der Waals surface area contributed by atoms with Crippen LogP contribution in [0.4, 0.5) is 35.9 Å². The van der Waals surface area contributed by atoms with Gasteiger partial charge in [0.25, 0.3) is 5.91 Å². The summed E-state index contributed by atoms with van der Waals surface area (Å²) >= 11 is 0. The van der Waals surface area contributed by atoms with E-state index in [2.05, 4.69) is 5.32 Å². The van der Waals surface area contributed by atoms with E-state index in [0.29, 0.717) is 0 Å². The summed E-state index contributed by atoms with van der Waals surface area (Å²) in [7, 11) is 3.63. The van der Waals surface area contributed by atoms with Crippen LogP contribution in [-0.4, -0.2) is 57.1 Å². The van der Waals surface area contributed by atoms with Gasteiger partial charge in [-0.25, -0.2) is 4.39 Å². The number of carbonyl (C=O) groups is 1. The SMILES string of the molecule is CN(C)c1cccc(=O)c(Nc2ccc(N3C[C@H](CNC(=O)C(F)F)OC3O)cc2F)c1. The Labute approximate surface area is 182 Å². The Kier molecular flexibility index (Phi) is 7.21. The molecule has 2 atom stereocenters. The summed E-state index contributed by atoms with van der Waals surface area (Å²) in [6.07, 6.45) is -5.35. The second-order valence-corrected chi connectivity index (χ2v) is 7.34. The minimum absolute atomic E-state index is 0.0440. The van der Waals surface area contributed by atoms with Gasteiger partial charge in [0.2, 0.25) is 11.8 Å². The molecule has 0 aromatic heterocycles. The molecule has 0 saturated carbocycles. The zero-order valence-electron chi connectivity index (χ0n) is 17.4. The molecule has 1 heterocycles. The molecule has 8 nitrogen and oxygen atoms in total. The molecule has 0 aliphatic carbocycles. The zero-order chi connectivity index (χ0) is 23.4. The van der Waals surface area contributed by atoms with Gasteiger partial charge in [0.05, 0.1) is 24.0 Å². The maximum atomic E-state index is 14.8. The van der Waals surface area contributed by atoms with Gasteiger partial charge in [-0.15, -0.1) is 0 Å². The number of rotatable bonds is 7. The van der Waals surface area contributed by atoms with Crippen molar-refractivity contribution in [2.45, 2.75) is 18.9 Å². The van der Waals surface area contributed by atoms with Crippen molar-refractivity contribution in [3.8, 4) is 0 Å². The third-order valence-corrected chi connectivity index (χ3v) is 4.83. The number of benzene rings is 1. The lowest BCUT2D eigenvalue weighted by molar-refractivity contribution is -0.133. The molecular formula is C21H23F3N4O4. The molecule has 1 aliphatic heterocycles. The highest BCUT2D eigenvalue weighted by atomic mass is 19.3. The van der Waals surface area contributed by atoms with Gasteiger partial charge in [0, 0.05) is 32.0 Å². The Morgan fingerprint density at radius 3 is 2.66 bits per heavy atom. The Hall–Kier alpha value is -3.31. The summed E-state index contributed by atoms with van der Waals surface area (Å²) in [5, 5.41) is 14.9. The number of anilines is 4. The van der Waals surface area contributed by atoms with E-state index >= 15 is 0 Å². The average Bonchev–Trinajstić information content (AvgIpc) is 3.00. The molecule has 1 unspecified atom stereocenters. The third-order valence-electron chi connectivity index (χ3n) is 4.83. The zero-order valence-corrected chi connectivity index (χ0v) is 17.4. The van der Waals surface area contributed by atoms with Crippen LogP contribution in [0.3, 0.4) is 0 Å². The van der Waals surface area contributed by atoms with E-state index in [9.17, 15) is 27.9 Å². The topological polar surface area (TPSA) is 94.1 Å². The molecule has 3 N–H and O–H groups in total. The Morgan fingerprint density at radius 2 is 2.00 bits per heavy atom. The largest absolute Gasteiger partial charge is 0.378 e. The molecule has 0 bridgehead atoms. The fourth-order valence-electron chi connectivity index (χ4n) is 3.13. The predicted molar refractivity (Wildman–Crippen MR) is 114 cm³/mol. The number of aliphatic hydroxyl groups is 1. The van der Waals surface area contributed by atoms with Crippen LogP contribution in [0, 0.1) is 5.82 Å². The van der Waals surface area contributed by atoms with Crippen LogP contribution in [0.1, 0.15) is 0 Å². The number of hydrogen-bond acceptors (Lipinski definition) is 7. The number of carbonyl (C=O) groups excluding carboxylic acids is 1. The number of halogens is 3. The lowest BCUT2D eigenvalue weighted by Gasteiger charge is -2.21. The number of ether oxygens (including phenoxy) is 1. The molecule has 1 amide bonds. The van der Waals surface area contributed by atoms with Gasteiger partial charge in [-0.2, -0.15) is 8.78 Å². The maximum Gasteiger partial charge on any atom is 0.315 e. The molecule has 0 radical (unpaired) electrons. The van der Waals surface area contributed by atoms with Crippen LogP contribution in [0.2, 0.25) is 0 Å². The first-order chi connectivity index (χ1) is 15.2. The van der Waals surface area contributed by atoms with Crippen LogP contribution in [0.25, 0.3) is 0 Å². The molecule has 0 spiro atoms. The first-order valence-corrected chi connectivity index (χ1v) is 9.70. The van der Waals surface area contributed by atoms with Gasteiger partial charge in [-0.05, 0) is 36.4 Å². The fourth-order valence-corrected chi connectivity index (χ4v) is 3.13. The molecule has 32 heavy (non-hydrogen) atoms. The van der Waals surface area contributed by atoms with Crippen molar-refractivity contribution in [1.82, 2.24) is 5.32 Å². The highest BCUT2D eigenvalue weighted by Gasteiger charge is 2.32. The van der Waals surface area contributed by atoms with Crippen LogP contribution in [0.15, 0.2) is 47.3 Å². The standard InChI is InChI=1S/C21H23F3N4O4/c1-27(2)12-4-3-5-18(29)17(9-12)26-16-7-6-13(8-15(16)22)28-11-14(32-21(28)31)10-25-20(30)19(23)24/h3-9,14,19,21,31H,10-11H2,1-2H3,(H,25,30)(H,26,29)/t14-,21?/m0/s1. The van der Waals surface area contributed by atoms with E-state index < -0.39 is 30.7 Å². The summed E-state index contributed by atoms with van der Waals surface area (Å²) in [4.78, 5) is 26.4. The fraction of sp³-hybridized carbons (Fsp3) is 0.333. The number of alkyl halides is 2. The van der Waals surface area contributed by atoms with Crippen LogP contribution in [-0.2, 0) is 9.53 Å². The molecule has 2 aromatic rings. The second-order valence-electron chi connectivity index (χ2n) is 7.34. The minimum atomic E-state index is -3.15. The number of amides is 1. The summed E-state index contributed by atoms with van der Waals surface area (Å²) in [5.41, 5.74) is 0.938. The highest BCUT2D eigenvalue weighted by Crippen LogP contribution is 2.28. The molecule has 2 aromatic carbocycles. The maximum absolute atomic E-state index is 14.8. The second kappa shape index (κ2) is 9.88. The van der Waals surface area contributed by atoms with E-state index in [-0.39, 0.29) is 35.6 Å². The normalized spacial score (nSPS) is 18.0. The quantitative estimate of drug-likeness (QED) is 0.591. The molecule has 11 heteroatoms. The minimum Gasteiger partial charge on any atom is -0.378 e. The number of hydrogen-bond donors (Lipinski definition) is 3. The van der Waals surface area contributed by atoms with Crippen molar-refractivity contribution >= 4 is 28.7 Å². The van der Waals surface area contributed by atoms with Crippen LogP contribution in [0.5, 0.6) is 0 Å². The lowest BCUT2D eigenvalue weighted by Crippen LogP contribution is -2.37. The van der Waals surface area contributed by atoms with E-state index in [0.717, 1.165) is 11.8 Å². The van der Waals surface area contributed by atoms with Crippen molar-refractivity contribution in [2.24, 2.45) is 0 Å². The van der Waals surface area contributed by atoms with Gasteiger partial charge < -0.3 is 30.3 Å². The third kappa shape index (κ3) is 5.48. The van der Waals surface area contributed by atoms with Crippen molar-refractivity contribution < 1.29 is 27.8 Å². The summed E-state index contributed by atoms with van der Waals surface area (Å²) in [6, 6.07) is 10.4. The Bertz CT molecular complexity index is 1040. The highest BCUT2D eigenvalue weighted by molar-refractivity contribution is 5.79. The van der Waals surface area contributed by atoms with E-state index in [1.54, 1.807) is 23.1 Å². The van der Waals surface area contributed by atoms with E-state index in [1.807, 2.05) is 19.4 Å². The summed E-state index contributed by atoms with van der Waals surface area (Å²) in [5.74, 6) is -2.12. The van der Waals surface area contributed by atoms with Gasteiger partial charge in [0.15, 0.2) is 0 Å². The van der Waals surface area contributed by atoms with Crippen LogP contribution < -0.4 is 25.9 Å². The first-order valence-electron chi connectivity index (χ1n) is 9.70. The Morgan fingerprint density at radius 1 is 1.25 bits per heavy atom. The first kappa shape index (κ1) is 23.4. The molecule has 1 aliphatic rings. The molecule has 1 fully saturated rings. The average molecular weight is 452 g/mol. The monoisotopic (exact) mass is 452 g/mol. The predicted octanol–water partition coefficient (Wildman–Crippen LogP) is 1.86.